The van der Waals surface area contributed by atoms with Gasteiger partial charge in [-0.1, -0.05) is 18.1 Å². The lowest BCUT2D eigenvalue weighted by Crippen LogP contribution is -2.45. The van der Waals surface area contributed by atoms with Gasteiger partial charge in [0.25, 0.3) is 0 Å². The van der Waals surface area contributed by atoms with E-state index in [1.807, 2.05) is 30.0 Å². The predicted molar refractivity (Wildman–Crippen MR) is 82.8 cm³/mol. The molecule has 7 heteroatoms. The van der Waals surface area contributed by atoms with E-state index in [2.05, 4.69) is 15.1 Å². The van der Waals surface area contributed by atoms with Crippen LogP contribution in [0.1, 0.15) is 38.0 Å². The quantitative estimate of drug-likeness (QED) is 0.903. The second-order valence-corrected chi connectivity index (χ2v) is 5.74. The topological polar surface area (TPSA) is 92.3 Å². The average molecular weight is 316 g/mol. The molecule has 2 aromatic heterocycles. The molecule has 23 heavy (non-hydrogen) atoms. The van der Waals surface area contributed by atoms with Crippen molar-refractivity contribution in [1.29, 1.82) is 0 Å². The molecule has 1 unspecified atom stereocenters. The molecule has 0 bridgehead atoms. The third-order valence-electron chi connectivity index (χ3n) is 4.33. The van der Waals surface area contributed by atoms with Gasteiger partial charge in [-0.3, -0.25) is 14.7 Å². The van der Waals surface area contributed by atoms with E-state index in [1.165, 1.54) is 0 Å². The monoisotopic (exact) mass is 316 g/mol. The number of carboxylic acids is 1. The molecule has 7 nitrogen and oxygen atoms in total. The Balaban J connectivity index is 1.64. The van der Waals surface area contributed by atoms with Gasteiger partial charge in [-0.15, -0.1) is 0 Å². The maximum atomic E-state index is 11.3. The van der Waals surface area contributed by atoms with Gasteiger partial charge in [0.15, 0.2) is 0 Å². The normalized spacial score (nSPS) is 18.0. The maximum absolute atomic E-state index is 11.3. The van der Waals surface area contributed by atoms with Crippen LogP contribution in [0.4, 0.5) is 0 Å². The van der Waals surface area contributed by atoms with Crippen molar-refractivity contribution in [2.24, 2.45) is 0 Å². The van der Waals surface area contributed by atoms with Gasteiger partial charge in [0.1, 0.15) is 11.7 Å². The molecule has 1 atom stereocenters. The van der Waals surface area contributed by atoms with Crippen LogP contribution in [0.5, 0.6) is 0 Å². The molecule has 122 valence electrons. The molecule has 3 rings (SSSR count). The van der Waals surface area contributed by atoms with Crippen LogP contribution < -0.4 is 0 Å². The summed E-state index contributed by atoms with van der Waals surface area (Å²) in [5, 5.41) is 13.3. The zero-order valence-electron chi connectivity index (χ0n) is 13.1. The van der Waals surface area contributed by atoms with Gasteiger partial charge in [0.05, 0.1) is 0 Å². The van der Waals surface area contributed by atoms with E-state index in [0.717, 1.165) is 25.9 Å². The van der Waals surface area contributed by atoms with E-state index in [9.17, 15) is 9.90 Å². The highest BCUT2D eigenvalue weighted by molar-refractivity contribution is 5.73. The van der Waals surface area contributed by atoms with Gasteiger partial charge < -0.3 is 9.63 Å². The number of piperidine rings is 1. The number of aromatic nitrogens is 3. The number of pyridine rings is 1. The number of hydrogen-bond donors (Lipinski definition) is 1. The summed E-state index contributed by atoms with van der Waals surface area (Å²) in [6, 6.07) is 5.17. The molecule has 0 amide bonds. The SMILES string of the molecule is CCC(C(=O)O)N1CCC(c2nc(-c3ccccn3)no2)CC1. The van der Waals surface area contributed by atoms with Crippen molar-refractivity contribution in [3.63, 3.8) is 0 Å². The fraction of sp³-hybridized carbons (Fsp3) is 0.500. The van der Waals surface area contributed by atoms with E-state index in [1.54, 1.807) is 6.20 Å². The zero-order chi connectivity index (χ0) is 16.2. The van der Waals surface area contributed by atoms with Gasteiger partial charge in [-0.2, -0.15) is 4.98 Å². The molecule has 3 heterocycles. The van der Waals surface area contributed by atoms with Crippen molar-refractivity contribution in [3.8, 4) is 11.5 Å². The lowest BCUT2D eigenvalue weighted by Gasteiger charge is -2.34. The summed E-state index contributed by atoms with van der Waals surface area (Å²) in [5.41, 5.74) is 0.692. The Morgan fingerprint density at radius 3 is 2.83 bits per heavy atom. The lowest BCUT2D eigenvalue weighted by atomic mass is 9.95. The van der Waals surface area contributed by atoms with Crippen LogP contribution in [0.25, 0.3) is 11.5 Å². The van der Waals surface area contributed by atoms with E-state index in [-0.39, 0.29) is 5.92 Å². The molecule has 2 aromatic rings. The summed E-state index contributed by atoms with van der Waals surface area (Å²) in [7, 11) is 0. The highest BCUT2D eigenvalue weighted by Gasteiger charge is 2.31. The van der Waals surface area contributed by atoms with Gasteiger partial charge in [0, 0.05) is 12.1 Å². The summed E-state index contributed by atoms with van der Waals surface area (Å²) >= 11 is 0. The van der Waals surface area contributed by atoms with Gasteiger partial charge in [-0.05, 0) is 44.5 Å². The fourth-order valence-corrected chi connectivity index (χ4v) is 3.05. The second kappa shape index (κ2) is 6.87. The predicted octanol–water partition coefficient (Wildman–Crippen LogP) is 2.17. The van der Waals surface area contributed by atoms with Crippen molar-refractivity contribution in [2.75, 3.05) is 13.1 Å². The van der Waals surface area contributed by atoms with Crippen LogP contribution in [-0.2, 0) is 4.79 Å². The molecule has 0 aliphatic carbocycles. The van der Waals surface area contributed by atoms with E-state index in [0.29, 0.717) is 23.8 Å². The van der Waals surface area contributed by atoms with Crippen molar-refractivity contribution < 1.29 is 14.4 Å². The summed E-state index contributed by atoms with van der Waals surface area (Å²) in [6.07, 6.45) is 3.96. The first-order valence-electron chi connectivity index (χ1n) is 7.91. The maximum Gasteiger partial charge on any atom is 0.320 e. The van der Waals surface area contributed by atoms with Gasteiger partial charge in [-0.25, -0.2) is 0 Å². The molecule has 1 aliphatic heterocycles. The summed E-state index contributed by atoms with van der Waals surface area (Å²) in [6.45, 7) is 3.37. The van der Waals surface area contributed by atoms with E-state index < -0.39 is 12.0 Å². The number of likely N-dealkylation sites (tertiary alicyclic amines) is 1. The average Bonchev–Trinajstić information content (AvgIpc) is 3.07. The molecule has 0 saturated carbocycles. The van der Waals surface area contributed by atoms with Crippen molar-refractivity contribution in [3.05, 3.63) is 30.3 Å². The third kappa shape index (κ3) is 3.39. The molecule has 1 fully saturated rings. The van der Waals surface area contributed by atoms with Crippen molar-refractivity contribution >= 4 is 5.97 Å². The Morgan fingerprint density at radius 1 is 1.43 bits per heavy atom. The Morgan fingerprint density at radius 2 is 2.22 bits per heavy atom. The molecule has 1 saturated heterocycles. The second-order valence-electron chi connectivity index (χ2n) is 5.74. The number of rotatable bonds is 5. The minimum Gasteiger partial charge on any atom is -0.480 e. The van der Waals surface area contributed by atoms with Crippen LogP contribution >= 0.6 is 0 Å². The number of carboxylic acid groups (broad SMARTS) is 1. The molecule has 0 radical (unpaired) electrons. The van der Waals surface area contributed by atoms with E-state index in [4.69, 9.17) is 4.52 Å². The van der Waals surface area contributed by atoms with E-state index >= 15 is 0 Å². The minimum absolute atomic E-state index is 0.183. The smallest absolute Gasteiger partial charge is 0.320 e. The lowest BCUT2D eigenvalue weighted by molar-refractivity contribution is -0.143. The summed E-state index contributed by atoms with van der Waals surface area (Å²) in [4.78, 5) is 21.9. The Hall–Kier alpha value is -2.28. The standard InChI is InChI=1S/C16H20N4O3/c1-2-13(16(21)22)20-9-6-11(7-10-20)15-18-14(19-23-15)12-5-3-4-8-17-12/h3-5,8,11,13H,2,6-7,9-10H2,1H3,(H,21,22). The van der Waals surface area contributed by atoms with Gasteiger partial charge >= 0.3 is 5.97 Å². The molecule has 0 spiro atoms. The molecule has 1 aliphatic rings. The first kappa shape index (κ1) is 15.6. The summed E-state index contributed by atoms with van der Waals surface area (Å²) < 4.78 is 5.39. The van der Waals surface area contributed by atoms with Crippen LogP contribution in [0, 0.1) is 0 Å². The Kier molecular flexibility index (Phi) is 4.66. The Labute approximate surface area is 134 Å². The number of hydrogen-bond acceptors (Lipinski definition) is 6. The highest BCUT2D eigenvalue weighted by Crippen LogP contribution is 2.29. The minimum atomic E-state index is -0.749. The number of carbonyl (C=O) groups is 1. The fourth-order valence-electron chi connectivity index (χ4n) is 3.05. The largest absolute Gasteiger partial charge is 0.480 e. The molecule has 1 N–H and O–H groups in total. The van der Waals surface area contributed by atoms with Crippen molar-refractivity contribution in [2.45, 2.75) is 38.1 Å². The number of nitrogens with zero attached hydrogens (tertiary/aromatic N) is 4. The highest BCUT2D eigenvalue weighted by atomic mass is 16.5. The van der Waals surface area contributed by atoms with Crippen molar-refractivity contribution in [1.82, 2.24) is 20.0 Å². The Bertz CT molecular complexity index is 650. The molecule has 0 aromatic carbocycles. The third-order valence-corrected chi connectivity index (χ3v) is 4.33. The first-order valence-corrected chi connectivity index (χ1v) is 7.91. The number of aliphatic carboxylic acids is 1. The molecular weight excluding hydrogens is 296 g/mol. The molecular formula is C16H20N4O3. The van der Waals surface area contributed by atoms with Crippen LogP contribution in [-0.4, -0.2) is 50.2 Å². The zero-order valence-corrected chi connectivity index (χ0v) is 13.1. The van der Waals surface area contributed by atoms with Crippen LogP contribution in [0.15, 0.2) is 28.9 Å². The first-order chi connectivity index (χ1) is 11.2. The van der Waals surface area contributed by atoms with Gasteiger partial charge in [0.2, 0.25) is 11.7 Å². The summed E-state index contributed by atoms with van der Waals surface area (Å²) in [5.74, 6) is 0.553. The van der Waals surface area contributed by atoms with Crippen LogP contribution in [0.3, 0.4) is 0 Å². The van der Waals surface area contributed by atoms with Crippen LogP contribution in [0.2, 0.25) is 0 Å².